The van der Waals surface area contributed by atoms with E-state index >= 15 is 0 Å². The third-order valence-corrected chi connectivity index (χ3v) is 4.05. The van der Waals surface area contributed by atoms with Crippen LogP contribution in [0.2, 0.25) is 0 Å². The van der Waals surface area contributed by atoms with Gasteiger partial charge in [0.15, 0.2) is 0 Å². The predicted octanol–water partition coefficient (Wildman–Crippen LogP) is 0.722. The number of carbonyl (C=O) groups excluding carboxylic acids is 1. The molecule has 0 aromatic carbocycles. The van der Waals surface area contributed by atoms with Crippen LogP contribution in [0.1, 0.15) is 26.7 Å². The lowest BCUT2D eigenvalue weighted by Crippen LogP contribution is -2.44. The van der Waals surface area contributed by atoms with E-state index < -0.39 is 0 Å². The Morgan fingerprint density at radius 3 is 2.89 bits per heavy atom. The first-order valence-corrected chi connectivity index (χ1v) is 7.63. The largest absolute Gasteiger partial charge is 0.336 e. The molecule has 2 amide bonds. The van der Waals surface area contributed by atoms with Gasteiger partial charge in [-0.15, -0.1) is 0 Å². The van der Waals surface area contributed by atoms with Gasteiger partial charge in [-0.3, -0.25) is 0 Å². The number of carbonyl (C=O) groups is 1. The highest BCUT2D eigenvalue weighted by Crippen LogP contribution is 2.15. The lowest BCUT2D eigenvalue weighted by atomic mass is 9.98. The summed E-state index contributed by atoms with van der Waals surface area (Å²) >= 11 is 0. The van der Waals surface area contributed by atoms with E-state index in [1.165, 1.54) is 25.9 Å². The predicted molar refractivity (Wildman–Crippen MR) is 77.3 cm³/mol. The van der Waals surface area contributed by atoms with Crippen LogP contribution in [-0.4, -0.2) is 67.7 Å². The molecule has 2 aliphatic heterocycles. The van der Waals surface area contributed by atoms with Gasteiger partial charge in [-0.05, 0) is 31.8 Å². The number of likely N-dealkylation sites (tertiary alicyclic amines) is 1. The molecule has 2 heterocycles. The summed E-state index contributed by atoms with van der Waals surface area (Å²) in [5.74, 6) is 0.767. The van der Waals surface area contributed by atoms with Gasteiger partial charge in [-0.2, -0.15) is 0 Å². The summed E-state index contributed by atoms with van der Waals surface area (Å²) in [4.78, 5) is 15.9. The number of nitrogens with one attached hydrogen (secondary N) is 2. The summed E-state index contributed by atoms with van der Waals surface area (Å²) in [7, 11) is 0. The van der Waals surface area contributed by atoms with E-state index in [0.29, 0.717) is 6.04 Å². The number of rotatable bonds is 6. The number of urea groups is 1. The molecule has 5 heteroatoms. The van der Waals surface area contributed by atoms with Gasteiger partial charge in [0, 0.05) is 38.8 Å². The summed E-state index contributed by atoms with van der Waals surface area (Å²) in [6, 6.07) is 0.679. The summed E-state index contributed by atoms with van der Waals surface area (Å²) in [6.07, 6.45) is 2.62. The van der Waals surface area contributed by atoms with E-state index in [2.05, 4.69) is 29.4 Å². The molecule has 2 rings (SSSR count). The molecular weight excluding hydrogens is 240 g/mol. The fourth-order valence-electron chi connectivity index (χ4n) is 2.91. The van der Waals surface area contributed by atoms with E-state index in [-0.39, 0.29) is 6.03 Å². The van der Waals surface area contributed by atoms with Crippen molar-refractivity contribution in [2.24, 2.45) is 5.92 Å². The third kappa shape index (κ3) is 4.66. The molecule has 1 unspecified atom stereocenters. The van der Waals surface area contributed by atoms with Crippen LogP contribution < -0.4 is 10.6 Å². The second kappa shape index (κ2) is 7.10. The minimum Gasteiger partial charge on any atom is -0.336 e. The summed E-state index contributed by atoms with van der Waals surface area (Å²) < 4.78 is 0. The van der Waals surface area contributed by atoms with Crippen LogP contribution in [-0.2, 0) is 0 Å². The molecule has 0 saturated carbocycles. The van der Waals surface area contributed by atoms with E-state index in [4.69, 9.17) is 0 Å². The molecule has 0 bridgehead atoms. The van der Waals surface area contributed by atoms with Gasteiger partial charge in [0.2, 0.25) is 0 Å². The average Bonchev–Trinajstić information content (AvgIpc) is 2.80. The zero-order valence-electron chi connectivity index (χ0n) is 12.3. The average molecular weight is 268 g/mol. The molecule has 2 aliphatic rings. The van der Waals surface area contributed by atoms with Gasteiger partial charge < -0.3 is 20.4 Å². The van der Waals surface area contributed by atoms with Crippen molar-refractivity contribution in [2.75, 3.05) is 45.8 Å². The van der Waals surface area contributed by atoms with Gasteiger partial charge >= 0.3 is 6.03 Å². The Kier molecular flexibility index (Phi) is 5.45. The highest BCUT2D eigenvalue weighted by molar-refractivity contribution is 5.76. The summed E-state index contributed by atoms with van der Waals surface area (Å²) in [5.41, 5.74) is 0. The molecule has 0 aromatic rings. The lowest BCUT2D eigenvalue weighted by Gasteiger charge is -2.34. The highest BCUT2D eigenvalue weighted by Gasteiger charge is 2.23. The van der Waals surface area contributed by atoms with Crippen molar-refractivity contribution in [2.45, 2.75) is 32.7 Å². The van der Waals surface area contributed by atoms with Crippen molar-refractivity contribution in [3.63, 3.8) is 0 Å². The minimum atomic E-state index is 0.107. The molecule has 0 spiro atoms. The van der Waals surface area contributed by atoms with Crippen LogP contribution in [0.15, 0.2) is 0 Å². The van der Waals surface area contributed by atoms with Gasteiger partial charge in [0.25, 0.3) is 0 Å². The minimum absolute atomic E-state index is 0.107. The first kappa shape index (κ1) is 14.6. The van der Waals surface area contributed by atoms with Crippen LogP contribution in [0.3, 0.4) is 0 Å². The molecule has 2 N–H and O–H groups in total. The van der Waals surface area contributed by atoms with Crippen molar-refractivity contribution in [3.8, 4) is 0 Å². The zero-order chi connectivity index (χ0) is 13.7. The van der Waals surface area contributed by atoms with Crippen molar-refractivity contribution in [1.82, 2.24) is 20.4 Å². The second-order valence-electron chi connectivity index (χ2n) is 6.09. The van der Waals surface area contributed by atoms with Gasteiger partial charge in [0.05, 0.1) is 0 Å². The van der Waals surface area contributed by atoms with Crippen LogP contribution in [0.25, 0.3) is 0 Å². The maximum absolute atomic E-state index is 11.5. The Labute approximate surface area is 116 Å². The maximum atomic E-state index is 11.5. The lowest BCUT2D eigenvalue weighted by molar-refractivity contribution is 0.154. The summed E-state index contributed by atoms with van der Waals surface area (Å²) in [6.45, 7) is 11.5. The molecule has 1 atom stereocenters. The Hall–Kier alpha value is -0.810. The second-order valence-corrected chi connectivity index (χ2v) is 6.09. The first-order valence-electron chi connectivity index (χ1n) is 7.63. The Balaban J connectivity index is 1.67. The Bertz CT molecular complexity index is 295. The number of amides is 2. The van der Waals surface area contributed by atoms with Gasteiger partial charge in [-0.1, -0.05) is 13.8 Å². The molecule has 19 heavy (non-hydrogen) atoms. The van der Waals surface area contributed by atoms with Gasteiger partial charge in [0.1, 0.15) is 0 Å². The van der Waals surface area contributed by atoms with Crippen LogP contribution in [0.4, 0.5) is 4.79 Å². The van der Waals surface area contributed by atoms with Crippen LogP contribution in [0.5, 0.6) is 0 Å². The van der Waals surface area contributed by atoms with Crippen LogP contribution in [0, 0.1) is 5.92 Å². The molecule has 2 saturated heterocycles. The highest BCUT2D eigenvalue weighted by atomic mass is 16.2. The van der Waals surface area contributed by atoms with E-state index in [9.17, 15) is 4.79 Å². The number of hydrogen-bond donors (Lipinski definition) is 2. The zero-order valence-corrected chi connectivity index (χ0v) is 12.3. The van der Waals surface area contributed by atoms with Crippen molar-refractivity contribution in [3.05, 3.63) is 0 Å². The number of hydrogen-bond acceptors (Lipinski definition) is 3. The quantitative estimate of drug-likeness (QED) is 0.746. The molecule has 0 aliphatic carbocycles. The maximum Gasteiger partial charge on any atom is 0.317 e. The van der Waals surface area contributed by atoms with Gasteiger partial charge in [-0.25, -0.2) is 4.79 Å². The van der Waals surface area contributed by atoms with Crippen molar-refractivity contribution >= 4 is 6.03 Å². The molecular formula is C14H28N4O. The van der Waals surface area contributed by atoms with E-state index in [1.54, 1.807) is 0 Å². The Morgan fingerprint density at radius 1 is 1.37 bits per heavy atom. The molecule has 2 fully saturated rings. The Morgan fingerprint density at radius 2 is 2.21 bits per heavy atom. The normalized spacial score (nSPS) is 25.1. The van der Waals surface area contributed by atoms with Crippen molar-refractivity contribution in [1.29, 1.82) is 0 Å². The van der Waals surface area contributed by atoms with Crippen molar-refractivity contribution < 1.29 is 4.79 Å². The number of nitrogens with zero attached hydrogens (tertiary/aromatic N) is 2. The van der Waals surface area contributed by atoms with E-state index in [1.807, 2.05) is 4.90 Å². The van der Waals surface area contributed by atoms with E-state index in [0.717, 1.165) is 38.6 Å². The summed E-state index contributed by atoms with van der Waals surface area (Å²) in [5, 5.41) is 6.40. The topological polar surface area (TPSA) is 47.6 Å². The fourth-order valence-corrected chi connectivity index (χ4v) is 2.91. The first-order chi connectivity index (χ1) is 9.15. The molecule has 5 nitrogen and oxygen atoms in total. The fraction of sp³-hybridized carbons (Fsp3) is 0.929. The SMILES string of the molecule is CC(C)NCC1CCCN(CCN2CCNC2=O)C1. The molecule has 110 valence electrons. The van der Waals surface area contributed by atoms with Crippen LogP contribution >= 0.6 is 0 Å². The molecule has 0 radical (unpaired) electrons. The monoisotopic (exact) mass is 268 g/mol. The third-order valence-electron chi connectivity index (χ3n) is 4.05. The number of piperidine rings is 1. The standard InChI is InChI=1S/C14H28N4O/c1-12(2)16-10-13-4-3-6-17(11-13)8-9-18-7-5-15-14(18)19/h12-13,16H,3-11H2,1-2H3,(H,15,19). The smallest absolute Gasteiger partial charge is 0.317 e. The molecule has 0 aromatic heterocycles.